The molecule has 0 unspecified atom stereocenters. The molecule has 0 bridgehead atoms. The topological polar surface area (TPSA) is 66.0 Å². The predicted molar refractivity (Wildman–Crippen MR) is 99.5 cm³/mol. The second-order valence-electron chi connectivity index (χ2n) is 5.91. The fourth-order valence-corrected chi connectivity index (χ4v) is 2.50. The molecule has 26 heavy (non-hydrogen) atoms. The SMILES string of the molecule is COc1cc(C(=O)NCc2cccc(OC(C)C)c2)cc(OC)c1OC. The Balaban J connectivity index is 2.13. The maximum Gasteiger partial charge on any atom is 0.251 e. The fraction of sp³-hybridized carbons (Fsp3) is 0.350. The molecule has 0 heterocycles. The summed E-state index contributed by atoms with van der Waals surface area (Å²) >= 11 is 0. The number of rotatable bonds is 8. The number of ether oxygens (including phenoxy) is 4. The molecule has 0 aliphatic rings. The first-order chi connectivity index (χ1) is 12.5. The van der Waals surface area contributed by atoms with Crippen molar-refractivity contribution < 1.29 is 23.7 Å². The van der Waals surface area contributed by atoms with E-state index in [4.69, 9.17) is 18.9 Å². The van der Waals surface area contributed by atoms with Gasteiger partial charge < -0.3 is 24.3 Å². The number of amides is 1. The Bertz CT molecular complexity index is 733. The summed E-state index contributed by atoms with van der Waals surface area (Å²) in [7, 11) is 4.55. The minimum Gasteiger partial charge on any atom is -0.493 e. The quantitative estimate of drug-likeness (QED) is 0.782. The minimum atomic E-state index is -0.237. The molecule has 0 spiro atoms. The standard InChI is InChI=1S/C20H25NO5/c1-13(2)26-16-8-6-7-14(9-16)12-21-20(22)15-10-17(23-3)19(25-5)18(11-15)24-4/h6-11,13H,12H2,1-5H3,(H,21,22). The van der Waals surface area contributed by atoms with Gasteiger partial charge in [-0.1, -0.05) is 12.1 Å². The number of carbonyl (C=O) groups is 1. The molecule has 0 aliphatic carbocycles. The van der Waals surface area contributed by atoms with Crippen molar-refractivity contribution in [2.45, 2.75) is 26.5 Å². The van der Waals surface area contributed by atoms with Gasteiger partial charge in [0.2, 0.25) is 5.75 Å². The average Bonchev–Trinajstić information content (AvgIpc) is 2.64. The summed E-state index contributed by atoms with van der Waals surface area (Å²) in [5.74, 6) is 1.86. The van der Waals surface area contributed by atoms with Gasteiger partial charge in [-0.25, -0.2) is 0 Å². The zero-order valence-corrected chi connectivity index (χ0v) is 15.8. The van der Waals surface area contributed by atoms with E-state index in [-0.39, 0.29) is 12.0 Å². The molecular weight excluding hydrogens is 334 g/mol. The number of nitrogens with one attached hydrogen (secondary N) is 1. The first-order valence-electron chi connectivity index (χ1n) is 8.32. The van der Waals surface area contributed by atoms with Gasteiger partial charge in [-0.2, -0.15) is 0 Å². The van der Waals surface area contributed by atoms with E-state index < -0.39 is 0 Å². The summed E-state index contributed by atoms with van der Waals surface area (Å²) in [6.45, 7) is 4.32. The van der Waals surface area contributed by atoms with Gasteiger partial charge >= 0.3 is 0 Å². The molecule has 2 aromatic rings. The minimum absolute atomic E-state index is 0.0964. The van der Waals surface area contributed by atoms with Crippen molar-refractivity contribution in [3.05, 3.63) is 47.5 Å². The lowest BCUT2D eigenvalue weighted by Crippen LogP contribution is -2.23. The first-order valence-corrected chi connectivity index (χ1v) is 8.32. The van der Waals surface area contributed by atoms with Gasteiger partial charge in [-0.05, 0) is 43.7 Å². The summed E-state index contributed by atoms with van der Waals surface area (Å²) in [5, 5.41) is 2.89. The number of hydrogen-bond donors (Lipinski definition) is 1. The summed E-state index contributed by atoms with van der Waals surface area (Å²) in [6, 6.07) is 10.9. The molecule has 6 nitrogen and oxygen atoms in total. The van der Waals surface area contributed by atoms with Crippen molar-refractivity contribution in [1.82, 2.24) is 5.32 Å². The van der Waals surface area contributed by atoms with Gasteiger partial charge in [0.1, 0.15) is 5.75 Å². The number of methoxy groups -OCH3 is 3. The third-order valence-electron chi connectivity index (χ3n) is 3.65. The third-order valence-corrected chi connectivity index (χ3v) is 3.65. The Labute approximate surface area is 154 Å². The molecule has 1 amide bonds. The van der Waals surface area contributed by atoms with E-state index in [0.717, 1.165) is 11.3 Å². The van der Waals surface area contributed by atoms with Crippen LogP contribution in [-0.4, -0.2) is 33.3 Å². The van der Waals surface area contributed by atoms with Crippen LogP contribution >= 0.6 is 0 Å². The molecule has 2 rings (SSSR count). The predicted octanol–water partition coefficient (Wildman–Crippen LogP) is 3.43. The molecule has 140 valence electrons. The van der Waals surface area contributed by atoms with Gasteiger partial charge in [0.15, 0.2) is 11.5 Å². The molecule has 0 aromatic heterocycles. The third kappa shape index (κ3) is 4.81. The highest BCUT2D eigenvalue weighted by molar-refractivity contribution is 5.95. The van der Waals surface area contributed by atoms with E-state index >= 15 is 0 Å². The van der Waals surface area contributed by atoms with Crippen LogP contribution in [0.25, 0.3) is 0 Å². The van der Waals surface area contributed by atoms with Crippen LogP contribution in [0.1, 0.15) is 29.8 Å². The van der Waals surface area contributed by atoms with Crippen molar-refractivity contribution in [3.63, 3.8) is 0 Å². The Hall–Kier alpha value is -2.89. The molecule has 0 saturated heterocycles. The van der Waals surface area contributed by atoms with E-state index in [9.17, 15) is 4.79 Å². The molecular formula is C20H25NO5. The van der Waals surface area contributed by atoms with Gasteiger partial charge in [0.05, 0.1) is 27.4 Å². The van der Waals surface area contributed by atoms with Crippen molar-refractivity contribution in [2.24, 2.45) is 0 Å². The van der Waals surface area contributed by atoms with Crippen LogP contribution in [0, 0.1) is 0 Å². The van der Waals surface area contributed by atoms with E-state index in [1.165, 1.54) is 21.3 Å². The highest BCUT2D eigenvalue weighted by atomic mass is 16.5. The lowest BCUT2D eigenvalue weighted by atomic mass is 10.1. The van der Waals surface area contributed by atoms with Crippen molar-refractivity contribution in [3.8, 4) is 23.0 Å². The fourth-order valence-electron chi connectivity index (χ4n) is 2.50. The highest BCUT2D eigenvalue weighted by Crippen LogP contribution is 2.38. The molecule has 0 saturated carbocycles. The van der Waals surface area contributed by atoms with Crippen LogP contribution in [0.2, 0.25) is 0 Å². The summed E-state index contributed by atoms with van der Waals surface area (Å²) in [4.78, 5) is 12.5. The smallest absolute Gasteiger partial charge is 0.251 e. The Morgan fingerprint density at radius 2 is 1.65 bits per heavy atom. The normalized spacial score (nSPS) is 10.4. The molecule has 0 fully saturated rings. The van der Waals surface area contributed by atoms with E-state index in [1.54, 1.807) is 12.1 Å². The molecule has 0 radical (unpaired) electrons. The first kappa shape index (κ1) is 19.4. The van der Waals surface area contributed by atoms with E-state index in [2.05, 4.69) is 5.32 Å². The van der Waals surface area contributed by atoms with Crippen molar-refractivity contribution in [2.75, 3.05) is 21.3 Å². The summed E-state index contributed by atoms with van der Waals surface area (Å²) in [6.07, 6.45) is 0.0964. The van der Waals surface area contributed by atoms with Gasteiger partial charge in [0.25, 0.3) is 5.91 Å². The average molecular weight is 359 g/mol. The zero-order valence-electron chi connectivity index (χ0n) is 15.8. The van der Waals surface area contributed by atoms with Crippen LogP contribution in [0.5, 0.6) is 23.0 Å². The maximum absolute atomic E-state index is 12.5. The summed E-state index contributed by atoms with van der Waals surface area (Å²) < 4.78 is 21.5. The van der Waals surface area contributed by atoms with Gasteiger partial charge in [-0.15, -0.1) is 0 Å². The lowest BCUT2D eigenvalue weighted by molar-refractivity contribution is 0.0950. The van der Waals surface area contributed by atoms with Crippen molar-refractivity contribution >= 4 is 5.91 Å². The van der Waals surface area contributed by atoms with Crippen LogP contribution < -0.4 is 24.3 Å². The number of carbonyl (C=O) groups excluding carboxylic acids is 1. The highest BCUT2D eigenvalue weighted by Gasteiger charge is 2.16. The van der Waals surface area contributed by atoms with Gasteiger partial charge in [-0.3, -0.25) is 4.79 Å². The maximum atomic E-state index is 12.5. The van der Waals surface area contributed by atoms with Crippen LogP contribution in [0.3, 0.4) is 0 Å². The van der Waals surface area contributed by atoms with Crippen LogP contribution in [0.4, 0.5) is 0 Å². The Morgan fingerprint density at radius 3 is 2.19 bits per heavy atom. The van der Waals surface area contributed by atoms with Gasteiger partial charge in [0, 0.05) is 12.1 Å². The summed E-state index contributed by atoms with van der Waals surface area (Å²) in [5.41, 5.74) is 1.37. The molecule has 1 N–H and O–H groups in total. The second-order valence-corrected chi connectivity index (χ2v) is 5.91. The monoisotopic (exact) mass is 359 g/mol. The Morgan fingerprint density at radius 1 is 1.00 bits per heavy atom. The van der Waals surface area contributed by atoms with E-state index in [0.29, 0.717) is 29.4 Å². The van der Waals surface area contributed by atoms with E-state index in [1.807, 2.05) is 38.1 Å². The Kier molecular flexibility index (Phi) is 6.72. The zero-order chi connectivity index (χ0) is 19.1. The number of benzene rings is 2. The van der Waals surface area contributed by atoms with Crippen molar-refractivity contribution in [1.29, 1.82) is 0 Å². The molecule has 6 heteroatoms. The molecule has 2 aromatic carbocycles. The molecule has 0 atom stereocenters. The lowest BCUT2D eigenvalue weighted by Gasteiger charge is -2.14. The van der Waals surface area contributed by atoms with Crippen LogP contribution in [0.15, 0.2) is 36.4 Å². The number of hydrogen-bond acceptors (Lipinski definition) is 5. The molecule has 0 aliphatic heterocycles. The second kappa shape index (κ2) is 8.99. The largest absolute Gasteiger partial charge is 0.493 e. The van der Waals surface area contributed by atoms with Crippen LogP contribution in [-0.2, 0) is 6.54 Å².